The lowest BCUT2D eigenvalue weighted by atomic mass is 10.1. The number of allylic oxidation sites excluding steroid dienone is 1. The fourth-order valence-corrected chi connectivity index (χ4v) is 4.87. The Morgan fingerprint density at radius 1 is 1.15 bits per heavy atom. The first-order chi connectivity index (χ1) is 21.7. The molecule has 0 unspecified atom stereocenters. The summed E-state index contributed by atoms with van der Waals surface area (Å²) >= 11 is 0. The van der Waals surface area contributed by atoms with E-state index in [4.69, 9.17) is 23.9 Å². The molecule has 13 heteroatoms. The number of nitrogens with zero attached hydrogens (tertiary/aromatic N) is 2. The van der Waals surface area contributed by atoms with E-state index < -0.39 is 37.9 Å². The van der Waals surface area contributed by atoms with Crippen molar-refractivity contribution in [1.29, 1.82) is 0 Å². The lowest BCUT2D eigenvalue weighted by Gasteiger charge is -2.20. The second-order valence-electron chi connectivity index (χ2n) is 12.8. The molecule has 1 heterocycles. The summed E-state index contributed by atoms with van der Waals surface area (Å²) in [5, 5.41) is 8.56. The normalized spacial score (nSPS) is 12.3. The molecule has 0 aliphatic heterocycles. The molecule has 12 nitrogen and oxygen atoms in total. The molecule has 0 fully saturated rings. The third-order valence-corrected chi connectivity index (χ3v) is 8.07. The number of nitrogens with one attached hydrogen (secondary N) is 3. The van der Waals surface area contributed by atoms with Crippen LogP contribution in [-0.2, 0) is 36.9 Å². The van der Waals surface area contributed by atoms with Gasteiger partial charge in [0.1, 0.15) is 24.2 Å². The minimum atomic E-state index is -1.27. The molecule has 46 heavy (non-hydrogen) atoms. The van der Waals surface area contributed by atoms with Crippen LogP contribution < -0.4 is 16.0 Å². The Hall–Kier alpha value is -4.10. The maximum atomic E-state index is 12.8. The summed E-state index contributed by atoms with van der Waals surface area (Å²) in [5.41, 5.74) is 1.80. The van der Waals surface area contributed by atoms with Crippen LogP contribution in [0.1, 0.15) is 46.4 Å². The van der Waals surface area contributed by atoms with Crippen molar-refractivity contribution in [1.82, 2.24) is 14.9 Å². The summed E-state index contributed by atoms with van der Waals surface area (Å²) < 4.78 is 23.3. The number of esters is 1. The van der Waals surface area contributed by atoms with Crippen molar-refractivity contribution in [3.05, 3.63) is 55.2 Å². The van der Waals surface area contributed by atoms with E-state index >= 15 is 0 Å². The van der Waals surface area contributed by atoms with Gasteiger partial charge in [0.05, 0.1) is 19.4 Å². The van der Waals surface area contributed by atoms with Crippen LogP contribution in [0, 0.1) is 0 Å². The summed E-state index contributed by atoms with van der Waals surface area (Å²) in [6.07, 6.45) is 7.30. The monoisotopic (exact) mass is 657 g/mol. The molecule has 0 bridgehead atoms. The summed E-state index contributed by atoms with van der Waals surface area (Å²) in [6, 6.07) is 5.59. The quantitative estimate of drug-likeness (QED) is 0.0543. The maximum absolute atomic E-state index is 12.8. The van der Waals surface area contributed by atoms with Gasteiger partial charge in [0.2, 0.25) is 0 Å². The average molecular weight is 658 g/mol. The van der Waals surface area contributed by atoms with E-state index in [0.29, 0.717) is 55.2 Å². The van der Waals surface area contributed by atoms with Crippen LogP contribution in [0.15, 0.2) is 49.3 Å². The number of hydrogen-bond donors (Lipinski definition) is 3. The van der Waals surface area contributed by atoms with Crippen LogP contribution in [0.25, 0.3) is 11.3 Å². The van der Waals surface area contributed by atoms with Gasteiger partial charge in [-0.2, -0.15) is 0 Å². The highest BCUT2D eigenvalue weighted by atomic mass is 28.3. The second kappa shape index (κ2) is 18.1. The minimum Gasteiger partial charge on any atom is -0.464 e. The van der Waals surface area contributed by atoms with Crippen molar-refractivity contribution < 1.29 is 33.3 Å². The first-order valence-corrected chi connectivity index (χ1v) is 19.2. The average Bonchev–Trinajstić information content (AvgIpc) is 3.36. The zero-order valence-electron chi connectivity index (χ0n) is 28.5. The molecule has 1 aromatic heterocycles. The molecule has 0 spiro atoms. The van der Waals surface area contributed by atoms with Crippen LogP contribution in [0.4, 0.5) is 21.0 Å². The third-order valence-electron chi connectivity index (χ3n) is 6.37. The Morgan fingerprint density at radius 2 is 1.89 bits per heavy atom. The third kappa shape index (κ3) is 13.9. The van der Waals surface area contributed by atoms with Crippen molar-refractivity contribution >= 4 is 37.6 Å². The first-order valence-electron chi connectivity index (χ1n) is 15.5. The van der Waals surface area contributed by atoms with E-state index in [9.17, 15) is 14.4 Å². The van der Waals surface area contributed by atoms with Crippen LogP contribution in [-0.4, -0.2) is 67.7 Å². The van der Waals surface area contributed by atoms with Gasteiger partial charge in [0.25, 0.3) is 0 Å². The van der Waals surface area contributed by atoms with Gasteiger partial charge in [-0.3, -0.25) is 10.6 Å². The standard InChI is InChI=1S/C33H51N5O7Si/c1-10-14-26(30(39)44-11-2)36-27-21-24(35-32(41)42-6)16-17-25(27)28-22-38(23-43-19-20-46(7,8)9)29(37-28)15-12-13-18-34-31(40)45-33(3,4)5/h10,13,16-18,21-22,26,36H,1,11-12,14-15,19-20,23H2,2-9H3,(H,34,40)(H,35,41)/t26-/m0/s1. The van der Waals surface area contributed by atoms with Crippen LogP contribution in [0.5, 0.6) is 0 Å². The summed E-state index contributed by atoms with van der Waals surface area (Å²) in [6.45, 7) is 19.1. The van der Waals surface area contributed by atoms with E-state index in [1.165, 1.54) is 7.11 Å². The number of carbonyl (C=O) groups is 3. The Bertz CT molecular complexity index is 1340. The molecule has 1 atom stereocenters. The second-order valence-corrected chi connectivity index (χ2v) is 18.4. The van der Waals surface area contributed by atoms with Crippen LogP contribution >= 0.6 is 0 Å². The van der Waals surface area contributed by atoms with Crippen molar-refractivity contribution in [2.24, 2.45) is 0 Å². The molecule has 3 N–H and O–H groups in total. The number of imidazole rings is 1. The predicted molar refractivity (Wildman–Crippen MR) is 183 cm³/mol. The van der Waals surface area contributed by atoms with Gasteiger partial charge in [-0.15, -0.1) is 6.58 Å². The summed E-state index contributed by atoms with van der Waals surface area (Å²) in [4.78, 5) is 41.6. The number of carbonyl (C=O) groups excluding carboxylic acids is 3. The smallest absolute Gasteiger partial charge is 0.411 e. The summed E-state index contributed by atoms with van der Waals surface area (Å²) in [7, 11) is 0.0118. The number of aryl methyl sites for hydroxylation is 1. The molecule has 2 rings (SSSR count). The predicted octanol–water partition coefficient (Wildman–Crippen LogP) is 6.93. The molecule has 0 radical (unpaired) electrons. The van der Waals surface area contributed by atoms with E-state index in [1.807, 2.05) is 22.9 Å². The lowest BCUT2D eigenvalue weighted by Crippen LogP contribution is -2.31. The van der Waals surface area contributed by atoms with Gasteiger partial charge >= 0.3 is 18.2 Å². The maximum Gasteiger partial charge on any atom is 0.411 e. The van der Waals surface area contributed by atoms with Gasteiger partial charge in [-0.1, -0.05) is 31.8 Å². The zero-order valence-corrected chi connectivity index (χ0v) is 29.5. The number of ether oxygens (including phenoxy) is 4. The SMILES string of the molecule is C=CC[C@H](Nc1cc(NC(=O)OC)ccc1-c1cn(COCC[Si](C)(C)C)c(CCC=CNC(=O)OC(C)(C)C)n1)C(=O)OCC. The molecule has 0 saturated carbocycles. The van der Waals surface area contributed by atoms with Gasteiger partial charge in [0.15, 0.2) is 0 Å². The Labute approximate surface area is 273 Å². The largest absolute Gasteiger partial charge is 0.464 e. The number of anilines is 2. The number of aromatic nitrogens is 2. The molecule has 2 amide bonds. The van der Waals surface area contributed by atoms with Gasteiger partial charge < -0.3 is 28.8 Å². The molecular formula is C33H51N5O7Si. The first kappa shape index (κ1) is 38.1. The number of benzene rings is 1. The van der Waals surface area contributed by atoms with E-state index in [1.54, 1.807) is 52.1 Å². The van der Waals surface area contributed by atoms with Crippen LogP contribution in [0.3, 0.4) is 0 Å². The van der Waals surface area contributed by atoms with Crippen LogP contribution in [0.2, 0.25) is 25.7 Å². The number of alkyl carbamates (subject to hydrolysis) is 1. The zero-order chi connectivity index (χ0) is 34.3. The molecule has 0 aliphatic rings. The molecule has 2 aromatic rings. The van der Waals surface area contributed by atoms with Crippen molar-refractivity contribution in [3.8, 4) is 11.3 Å². The number of rotatable bonds is 17. The fraction of sp³-hybridized carbons (Fsp3) is 0.515. The van der Waals surface area contributed by atoms with Gasteiger partial charge in [-0.25, -0.2) is 19.4 Å². The van der Waals surface area contributed by atoms with E-state index in [2.05, 4.69) is 42.2 Å². The van der Waals surface area contributed by atoms with Crippen molar-refractivity contribution in [3.63, 3.8) is 0 Å². The number of hydrogen-bond acceptors (Lipinski definition) is 9. The van der Waals surface area contributed by atoms with Gasteiger partial charge in [0, 0.05) is 50.4 Å². The Kier molecular flexibility index (Phi) is 15.0. The Morgan fingerprint density at radius 3 is 2.52 bits per heavy atom. The molecule has 254 valence electrons. The minimum absolute atomic E-state index is 0.234. The number of amides is 2. The Balaban J connectivity index is 2.42. The van der Waals surface area contributed by atoms with E-state index in [0.717, 1.165) is 11.9 Å². The lowest BCUT2D eigenvalue weighted by molar-refractivity contribution is -0.143. The highest BCUT2D eigenvalue weighted by Crippen LogP contribution is 2.32. The molecular weight excluding hydrogens is 606 g/mol. The van der Waals surface area contributed by atoms with Gasteiger partial charge in [-0.05, 0) is 64.8 Å². The summed E-state index contributed by atoms with van der Waals surface area (Å²) in [5.74, 6) is 0.356. The van der Waals surface area contributed by atoms with E-state index in [-0.39, 0.29) is 6.61 Å². The van der Waals surface area contributed by atoms with Crippen molar-refractivity contribution in [2.75, 3.05) is 31.0 Å². The number of methoxy groups -OCH3 is 1. The fourth-order valence-electron chi connectivity index (χ4n) is 4.11. The van der Waals surface area contributed by atoms with Crippen molar-refractivity contribution in [2.45, 2.75) is 91.0 Å². The highest BCUT2D eigenvalue weighted by Gasteiger charge is 2.22. The highest BCUT2D eigenvalue weighted by molar-refractivity contribution is 6.76. The molecule has 0 saturated heterocycles. The molecule has 1 aromatic carbocycles. The topological polar surface area (TPSA) is 142 Å². The molecule has 0 aliphatic carbocycles.